The number of sulfone groups is 1. The van der Waals surface area contributed by atoms with Crippen LogP contribution >= 0.6 is 0 Å². The van der Waals surface area contributed by atoms with E-state index in [1.807, 2.05) is 0 Å². The Morgan fingerprint density at radius 1 is 1.06 bits per heavy atom. The van der Waals surface area contributed by atoms with Gasteiger partial charge < -0.3 is 4.74 Å². The Labute approximate surface area is 106 Å². The van der Waals surface area contributed by atoms with Crippen LogP contribution in [-0.4, -0.2) is 26.2 Å². The number of ether oxygens (including phenoxy) is 1. The summed E-state index contributed by atoms with van der Waals surface area (Å²) in [4.78, 5) is 0. The molecule has 0 aromatic carbocycles. The molecule has 0 spiro atoms. The minimum Gasteiger partial charge on any atom is -0.362 e. The van der Waals surface area contributed by atoms with E-state index in [2.05, 4.69) is 6.92 Å². The summed E-state index contributed by atoms with van der Waals surface area (Å²) in [7, 11) is -2.91. The van der Waals surface area contributed by atoms with Crippen molar-refractivity contribution in [3.05, 3.63) is 0 Å². The molecule has 0 N–H and O–H groups in total. The van der Waals surface area contributed by atoms with E-state index < -0.39 is 15.3 Å². The molecule has 1 heterocycles. The molecule has 3 nitrogen and oxygen atoms in total. The standard InChI is InChI=1S/C13H26O3S/c1-2-3-4-5-6-7-8-11-16-13-10-9-12-17(13,14)15/h13H,2-12H2,1H3. The van der Waals surface area contributed by atoms with E-state index in [4.69, 9.17) is 4.74 Å². The number of unbranched alkanes of at least 4 members (excludes halogenated alkanes) is 6. The van der Waals surface area contributed by atoms with Crippen LogP contribution in [-0.2, 0) is 14.6 Å². The molecule has 1 saturated heterocycles. The van der Waals surface area contributed by atoms with E-state index >= 15 is 0 Å². The molecule has 0 aromatic rings. The summed E-state index contributed by atoms with van der Waals surface area (Å²) >= 11 is 0. The Morgan fingerprint density at radius 3 is 2.29 bits per heavy atom. The summed E-state index contributed by atoms with van der Waals surface area (Å²) in [5.74, 6) is 0.314. The molecule has 1 unspecified atom stereocenters. The third-order valence-corrected chi connectivity index (χ3v) is 5.35. The van der Waals surface area contributed by atoms with Crippen molar-refractivity contribution in [2.24, 2.45) is 0 Å². The largest absolute Gasteiger partial charge is 0.362 e. The van der Waals surface area contributed by atoms with E-state index in [0.29, 0.717) is 18.8 Å². The van der Waals surface area contributed by atoms with Crippen LogP contribution in [0.25, 0.3) is 0 Å². The molecular formula is C13H26O3S. The third-order valence-electron chi connectivity index (χ3n) is 3.32. The van der Waals surface area contributed by atoms with Crippen LogP contribution in [0, 0.1) is 0 Å². The highest BCUT2D eigenvalue weighted by molar-refractivity contribution is 7.92. The van der Waals surface area contributed by atoms with Gasteiger partial charge in [-0.3, -0.25) is 0 Å². The summed E-state index contributed by atoms with van der Waals surface area (Å²) in [6.07, 6.45) is 10.1. The lowest BCUT2D eigenvalue weighted by atomic mass is 10.1. The summed E-state index contributed by atoms with van der Waals surface area (Å²) in [6.45, 7) is 2.83. The van der Waals surface area contributed by atoms with Gasteiger partial charge in [0.25, 0.3) is 0 Å². The fraction of sp³-hybridized carbons (Fsp3) is 1.00. The number of rotatable bonds is 9. The van der Waals surface area contributed by atoms with Crippen LogP contribution in [0.5, 0.6) is 0 Å². The SMILES string of the molecule is CCCCCCCCCOC1CCCS1(=O)=O. The average Bonchev–Trinajstić information content (AvgIpc) is 2.62. The maximum Gasteiger partial charge on any atom is 0.177 e. The molecule has 0 aromatic heterocycles. The maximum absolute atomic E-state index is 11.5. The normalized spacial score (nSPS) is 23.0. The zero-order valence-corrected chi connectivity index (χ0v) is 11.8. The second kappa shape index (κ2) is 8.09. The molecule has 102 valence electrons. The second-order valence-electron chi connectivity index (χ2n) is 4.93. The quantitative estimate of drug-likeness (QED) is 0.599. The van der Waals surface area contributed by atoms with E-state index in [1.165, 1.54) is 32.1 Å². The van der Waals surface area contributed by atoms with Crippen molar-refractivity contribution in [1.29, 1.82) is 0 Å². The fourth-order valence-corrected chi connectivity index (χ4v) is 3.88. The Bertz CT molecular complexity index is 285. The van der Waals surface area contributed by atoms with Gasteiger partial charge in [-0.25, -0.2) is 8.42 Å². The van der Waals surface area contributed by atoms with Gasteiger partial charge in [-0.1, -0.05) is 45.4 Å². The van der Waals surface area contributed by atoms with Gasteiger partial charge in [-0.2, -0.15) is 0 Å². The molecule has 1 atom stereocenters. The number of hydrogen-bond donors (Lipinski definition) is 0. The van der Waals surface area contributed by atoms with Gasteiger partial charge in [0.05, 0.1) is 5.75 Å². The molecule has 0 saturated carbocycles. The van der Waals surface area contributed by atoms with Crippen LogP contribution in [0.3, 0.4) is 0 Å². The Balaban J connectivity index is 1.94. The van der Waals surface area contributed by atoms with Crippen LogP contribution < -0.4 is 0 Å². The van der Waals surface area contributed by atoms with Gasteiger partial charge >= 0.3 is 0 Å². The van der Waals surface area contributed by atoms with Gasteiger partial charge in [0.2, 0.25) is 0 Å². The first kappa shape index (κ1) is 15.0. The monoisotopic (exact) mass is 262 g/mol. The molecule has 1 aliphatic heterocycles. The lowest BCUT2D eigenvalue weighted by molar-refractivity contribution is 0.101. The van der Waals surface area contributed by atoms with Gasteiger partial charge in [-0.15, -0.1) is 0 Å². The van der Waals surface area contributed by atoms with Crippen molar-refractivity contribution in [2.75, 3.05) is 12.4 Å². The molecule has 17 heavy (non-hydrogen) atoms. The zero-order chi connectivity index (χ0) is 12.6. The first-order chi connectivity index (χ1) is 8.17. The summed E-state index contributed by atoms with van der Waals surface area (Å²) < 4.78 is 28.4. The van der Waals surface area contributed by atoms with Crippen molar-refractivity contribution in [1.82, 2.24) is 0 Å². The molecule has 1 rings (SSSR count). The Hall–Kier alpha value is -0.0900. The lowest BCUT2D eigenvalue weighted by Gasteiger charge is -2.10. The highest BCUT2D eigenvalue weighted by Gasteiger charge is 2.31. The molecule has 4 heteroatoms. The number of hydrogen-bond acceptors (Lipinski definition) is 3. The van der Waals surface area contributed by atoms with Crippen molar-refractivity contribution < 1.29 is 13.2 Å². The summed E-state index contributed by atoms with van der Waals surface area (Å²) in [6, 6.07) is 0. The average molecular weight is 262 g/mol. The lowest BCUT2D eigenvalue weighted by Crippen LogP contribution is -2.20. The Morgan fingerprint density at radius 2 is 1.71 bits per heavy atom. The van der Waals surface area contributed by atoms with Gasteiger partial charge in [0, 0.05) is 6.61 Å². The van der Waals surface area contributed by atoms with Crippen molar-refractivity contribution in [3.8, 4) is 0 Å². The van der Waals surface area contributed by atoms with Crippen LogP contribution in [0.15, 0.2) is 0 Å². The molecule has 0 aliphatic carbocycles. The zero-order valence-electron chi connectivity index (χ0n) is 11.0. The molecular weight excluding hydrogens is 236 g/mol. The first-order valence-electron chi connectivity index (χ1n) is 7.00. The predicted molar refractivity (Wildman–Crippen MR) is 70.8 cm³/mol. The smallest absolute Gasteiger partial charge is 0.177 e. The predicted octanol–water partition coefficient (Wildman–Crippen LogP) is 3.29. The third kappa shape index (κ3) is 5.87. The van der Waals surface area contributed by atoms with Crippen molar-refractivity contribution >= 4 is 9.84 Å². The maximum atomic E-state index is 11.5. The molecule has 0 radical (unpaired) electrons. The first-order valence-corrected chi connectivity index (χ1v) is 8.71. The van der Waals surface area contributed by atoms with Crippen LogP contribution in [0.2, 0.25) is 0 Å². The highest BCUT2D eigenvalue weighted by atomic mass is 32.2. The van der Waals surface area contributed by atoms with Crippen molar-refractivity contribution in [2.45, 2.75) is 70.1 Å². The molecule has 0 bridgehead atoms. The molecule has 1 aliphatic rings. The summed E-state index contributed by atoms with van der Waals surface area (Å²) in [5, 5.41) is 0. The minimum atomic E-state index is -2.91. The van der Waals surface area contributed by atoms with E-state index in [1.54, 1.807) is 0 Å². The Kier molecular flexibility index (Phi) is 7.12. The van der Waals surface area contributed by atoms with E-state index in [-0.39, 0.29) is 0 Å². The van der Waals surface area contributed by atoms with Crippen LogP contribution in [0.4, 0.5) is 0 Å². The van der Waals surface area contributed by atoms with Gasteiger partial charge in [0.15, 0.2) is 15.3 Å². The molecule has 1 fully saturated rings. The minimum absolute atomic E-state index is 0.314. The van der Waals surface area contributed by atoms with Crippen LogP contribution in [0.1, 0.15) is 64.7 Å². The topological polar surface area (TPSA) is 43.4 Å². The highest BCUT2D eigenvalue weighted by Crippen LogP contribution is 2.21. The molecule has 0 amide bonds. The fourth-order valence-electron chi connectivity index (χ4n) is 2.22. The van der Waals surface area contributed by atoms with E-state index in [0.717, 1.165) is 19.3 Å². The van der Waals surface area contributed by atoms with Gasteiger partial charge in [0.1, 0.15) is 0 Å². The summed E-state index contributed by atoms with van der Waals surface area (Å²) in [5.41, 5.74) is -0.498. The second-order valence-corrected chi connectivity index (χ2v) is 7.19. The van der Waals surface area contributed by atoms with E-state index in [9.17, 15) is 8.42 Å². The van der Waals surface area contributed by atoms with Crippen molar-refractivity contribution in [3.63, 3.8) is 0 Å². The van der Waals surface area contributed by atoms with Gasteiger partial charge in [-0.05, 0) is 19.3 Å².